The zero-order valence-electron chi connectivity index (χ0n) is 32.9. The van der Waals surface area contributed by atoms with Crippen molar-refractivity contribution in [2.75, 3.05) is 4.90 Å². The molecule has 3 aliphatic carbocycles. The molecule has 2 aromatic heterocycles. The van der Waals surface area contributed by atoms with Crippen LogP contribution in [0.25, 0.3) is 72.4 Å². The largest absolute Gasteiger partial charge is 0.455 e. The predicted molar refractivity (Wildman–Crippen MR) is 247 cm³/mol. The number of rotatable bonds is 5. The van der Waals surface area contributed by atoms with Gasteiger partial charge in [0.1, 0.15) is 11.2 Å². The van der Waals surface area contributed by atoms with Gasteiger partial charge in [-0.15, -0.1) is 0 Å². The van der Waals surface area contributed by atoms with Crippen LogP contribution in [0.1, 0.15) is 48.1 Å². The van der Waals surface area contributed by atoms with Gasteiger partial charge in [0.05, 0.1) is 10.9 Å². The lowest BCUT2D eigenvalue weighted by molar-refractivity contribution is 0.672. The van der Waals surface area contributed by atoms with Gasteiger partial charge in [0.25, 0.3) is 0 Å². The van der Waals surface area contributed by atoms with E-state index in [4.69, 9.17) is 4.42 Å². The maximum atomic E-state index is 6.88. The molecule has 0 radical (unpaired) electrons. The first-order chi connectivity index (χ1) is 29.3. The van der Waals surface area contributed by atoms with Gasteiger partial charge in [-0.25, -0.2) is 0 Å². The highest BCUT2D eigenvalue weighted by molar-refractivity contribution is 6.21. The Morgan fingerprint density at radius 3 is 2.10 bits per heavy atom. The number of fused-ring (bicyclic) bond motifs is 11. The van der Waals surface area contributed by atoms with Gasteiger partial charge in [0, 0.05) is 50.3 Å². The van der Waals surface area contributed by atoms with Crippen molar-refractivity contribution in [3.8, 4) is 27.9 Å². The molecule has 3 aliphatic rings. The smallest absolute Gasteiger partial charge is 0.145 e. The summed E-state index contributed by atoms with van der Waals surface area (Å²) in [6.45, 7) is 0. The third-order valence-electron chi connectivity index (χ3n) is 12.8. The third kappa shape index (κ3) is 5.49. The molecule has 0 unspecified atom stereocenters. The van der Waals surface area contributed by atoms with E-state index in [-0.39, 0.29) is 0 Å². The predicted octanol–water partition coefficient (Wildman–Crippen LogP) is 15.3. The fraction of sp³-hybridized carbons (Fsp3) is 0.107. The first-order valence-corrected chi connectivity index (χ1v) is 21.1. The number of hydrogen-bond acceptors (Lipinski definition) is 2. The van der Waals surface area contributed by atoms with E-state index in [1.54, 1.807) is 5.57 Å². The zero-order valence-corrected chi connectivity index (χ0v) is 32.9. The van der Waals surface area contributed by atoms with Crippen LogP contribution in [0.4, 0.5) is 17.1 Å². The maximum Gasteiger partial charge on any atom is 0.145 e. The summed E-state index contributed by atoms with van der Waals surface area (Å²) in [7, 11) is 0. The number of nitrogens with zero attached hydrogens (tertiary/aromatic N) is 2. The Hall–Kier alpha value is -7.10. The number of allylic oxidation sites excluding steroid dienone is 5. The number of hydrogen-bond donors (Lipinski definition) is 0. The van der Waals surface area contributed by atoms with E-state index in [2.05, 4.69) is 191 Å². The lowest BCUT2D eigenvalue weighted by atomic mass is 9.88. The Balaban J connectivity index is 1.13. The fourth-order valence-corrected chi connectivity index (χ4v) is 10.2. The molecule has 0 amide bonds. The van der Waals surface area contributed by atoms with Crippen molar-refractivity contribution in [1.82, 2.24) is 4.57 Å². The Morgan fingerprint density at radius 1 is 0.542 bits per heavy atom. The van der Waals surface area contributed by atoms with Gasteiger partial charge in [0.2, 0.25) is 0 Å². The molecular formula is C56H42N2O. The molecule has 7 aromatic carbocycles. The van der Waals surface area contributed by atoms with Crippen molar-refractivity contribution in [2.24, 2.45) is 0 Å². The molecule has 12 rings (SSSR count). The molecule has 0 saturated heterocycles. The minimum atomic E-state index is 0.923. The normalized spacial score (nSPS) is 14.5. The Labute approximate surface area is 344 Å². The summed E-state index contributed by atoms with van der Waals surface area (Å²) in [6, 6.07) is 57.8. The number of furan rings is 1. The molecule has 59 heavy (non-hydrogen) atoms. The second kappa shape index (κ2) is 13.8. The minimum absolute atomic E-state index is 0.923. The SMILES string of the molecule is C1=CCC2=C(CC1)Cc1ccccc1-c1ccc(-c3cc4c5ccccc5oc4c4c5c(n(-c6ccc(N(c7ccccc7)c7ccccc7)cc6)c34)CCC=C5)cc12. The Kier molecular flexibility index (Phi) is 7.94. The van der Waals surface area contributed by atoms with Crippen LogP contribution in [0.15, 0.2) is 186 Å². The first kappa shape index (κ1) is 34.0. The lowest BCUT2D eigenvalue weighted by Crippen LogP contribution is -2.10. The summed E-state index contributed by atoms with van der Waals surface area (Å²) < 4.78 is 9.43. The minimum Gasteiger partial charge on any atom is -0.455 e. The van der Waals surface area contributed by atoms with Crippen LogP contribution in [0, 0.1) is 0 Å². The van der Waals surface area contributed by atoms with Crippen molar-refractivity contribution in [1.29, 1.82) is 0 Å². The average molecular weight is 759 g/mol. The molecule has 2 heterocycles. The number of anilines is 3. The monoisotopic (exact) mass is 758 g/mol. The van der Waals surface area contributed by atoms with Gasteiger partial charge in [0.15, 0.2) is 0 Å². The van der Waals surface area contributed by atoms with Crippen molar-refractivity contribution < 1.29 is 4.42 Å². The number of benzene rings is 7. The van der Waals surface area contributed by atoms with Crippen LogP contribution < -0.4 is 4.90 Å². The highest BCUT2D eigenvalue weighted by Crippen LogP contribution is 2.49. The second-order valence-corrected chi connectivity index (χ2v) is 16.2. The topological polar surface area (TPSA) is 21.3 Å². The number of para-hydroxylation sites is 3. The Morgan fingerprint density at radius 2 is 1.27 bits per heavy atom. The average Bonchev–Trinajstić information content (AvgIpc) is 3.69. The van der Waals surface area contributed by atoms with Crippen LogP contribution >= 0.6 is 0 Å². The van der Waals surface area contributed by atoms with Crippen molar-refractivity contribution in [3.05, 3.63) is 204 Å². The van der Waals surface area contributed by atoms with E-state index in [1.165, 1.54) is 61.1 Å². The number of aromatic nitrogens is 1. The molecule has 0 atom stereocenters. The molecule has 3 heteroatoms. The van der Waals surface area contributed by atoms with E-state index >= 15 is 0 Å². The van der Waals surface area contributed by atoms with Crippen LogP contribution in [0.2, 0.25) is 0 Å². The zero-order chi connectivity index (χ0) is 38.9. The van der Waals surface area contributed by atoms with Crippen molar-refractivity contribution in [2.45, 2.75) is 38.5 Å². The van der Waals surface area contributed by atoms with E-state index < -0.39 is 0 Å². The molecule has 0 saturated carbocycles. The van der Waals surface area contributed by atoms with Crippen molar-refractivity contribution >= 4 is 61.6 Å². The van der Waals surface area contributed by atoms with Gasteiger partial charge >= 0.3 is 0 Å². The fourth-order valence-electron chi connectivity index (χ4n) is 10.2. The van der Waals surface area contributed by atoms with Crippen molar-refractivity contribution in [3.63, 3.8) is 0 Å². The summed E-state index contributed by atoms with van der Waals surface area (Å²) >= 11 is 0. The van der Waals surface area contributed by atoms with Crippen LogP contribution in [-0.2, 0) is 12.8 Å². The molecular weight excluding hydrogens is 717 g/mol. The van der Waals surface area contributed by atoms with Gasteiger partial charge in [-0.2, -0.15) is 0 Å². The summed E-state index contributed by atoms with van der Waals surface area (Å²) in [5.74, 6) is 0. The molecule has 0 N–H and O–H groups in total. The highest BCUT2D eigenvalue weighted by Gasteiger charge is 2.28. The highest BCUT2D eigenvalue weighted by atomic mass is 16.3. The molecule has 0 fully saturated rings. The van der Waals surface area contributed by atoms with Gasteiger partial charge in [-0.1, -0.05) is 121 Å². The van der Waals surface area contributed by atoms with E-state index in [1.807, 2.05) is 0 Å². The van der Waals surface area contributed by atoms with Gasteiger partial charge in [-0.3, -0.25) is 0 Å². The molecule has 0 spiro atoms. The lowest BCUT2D eigenvalue weighted by Gasteiger charge is -2.26. The third-order valence-corrected chi connectivity index (χ3v) is 12.8. The molecule has 0 bridgehead atoms. The van der Waals surface area contributed by atoms with E-state index in [0.717, 1.165) is 83.2 Å². The second-order valence-electron chi connectivity index (χ2n) is 16.2. The molecule has 282 valence electrons. The van der Waals surface area contributed by atoms with E-state index in [9.17, 15) is 0 Å². The molecule has 9 aromatic rings. The van der Waals surface area contributed by atoms with Gasteiger partial charge < -0.3 is 13.9 Å². The quantitative estimate of drug-likeness (QED) is 0.163. The summed E-state index contributed by atoms with van der Waals surface area (Å²) in [5, 5.41) is 3.51. The summed E-state index contributed by atoms with van der Waals surface area (Å²) in [4.78, 5) is 2.33. The summed E-state index contributed by atoms with van der Waals surface area (Å²) in [6.07, 6.45) is 15.6. The van der Waals surface area contributed by atoms with E-state index in [0.29, 0.717) is 0 Å². The standard InChI is InChI=1S/C56H42N2O/c1-4-16-38-34-37-17-10-11-23-44(37)46-33-28-39(35-50(46)45(38)22-9-1)49-36-51-47-24-13-15-27-53(47)59-56(51)54-48-25-12-14-26-52(48)58(55(49)54)43-31-29-42(30-32-43)57(40-18-5-2-6-19-40)41-20-7-3-8-21-41/h1-3,5-13,15,17-21,23-25,27-33,35-36H,4,14,16,22,26,34H2. The van der Waals surface area contributed by atoms with Crippen LogP contribution in [0.3, 0.4) is 0 Å². The van der Waals surface area contributed by atoms with Crippen LogP contribution in [-0.4, -0.2) is 4.57 Å². The maximum absolute atomic E-state index is 6.88. The first-order valence-electron chi connectivity index (χ1n) is 21.1. The Bertz CT molecular complexity index is 3150. The molecule has 0 aliphatic heterocycles. The summed E-state index contributed by atoms with van der Waals surface area (Å²) in [5.41, 5.74) is 21.2. The van der Waals surface area contributed by atoms with Gasteiger partial charge in [-0.05, 0) is 139 Å². The van der Waals surface area contributed by atoms with Crippen LogP contribution in [0.5, 0.6) is 0 Å². The molecule has 3 nitrogen and oxygen atoms in total.